The van der Waals surface area contributed by atoms with Gasteiger partial charge in [0.1, 0.15) is 0 Å². The molecule has 2 aliphatic heterocycles. The van der Waals surface area contributed by atoms with Crippen LogP contribution in [0.5, 0.6) is 0 Å². The van der Waals surface area contributed by atoms with Crippen LogP contribution in [0.1, 0.15) is 24.8 Å². The van der Waals surface area contributed by atoms with Gasteiger partial charge in [0.2, 0.25) is 5.91 Å². The third-order valence-corrected chi connectivity index (χ3v) is 4.78. The van der Waals surface area contributed by atoms with E-state index in [2.05, 4.69) is 22.3 Å². The predicted molar refractivity (Wildman–Crippen MR) is 81.8 cm³/mol. The van der Waals surface area contributed by atoms with Crippen molar-refractivity contribution >= 4 is 5.91 Å². The molecule has 4 heteroatoms. The highest BCUT2D eigenvalue weighted by atomic mass is 16.5. The van der Waals surface area contributed by atoms with Crippen molar-refractivity contribution in [3.8, 4) is 0 Å². The molecule has 21 heavy (non-hydrogen) atoms. The summed E-state index contributed by atoms with van der Waals surface area (Å²) in [7, 11) is 0. The summed E-state index contributed by atoms with van der Waals surface area (Å²) in [6.45, 7) is 5.51. The molecule has 1 N–H and O–H groups in total. The van der Waals surface area contributed by atoms with Gasteiger partial charge in [0.15, 0.2) is 0 Å². The van der Waals surface area contributed by atoms with Crippen LogP contribution < -0.4 is 5.32 Å². The second-order valence-corrected chi connectivity index (χ2v) is 6.33. The zero-order valence-electron chi connectivity index (χ0n) is 12.5. The summed E-state index contributed by atoms with van der Waals surface area (Å²) >= 11 is 0. The van der Waals surface area contributed by atoms with E-state index in [1.807, 2.05) is 18.2 Å². The lowest BCUT2D eigenvalue weighted by molar-refractivity contribution is -0.119. The Morgan fingerprint density at radius 1 is 1.19 bits per heavy atom. The lowest BCUT2D eigenvalue weighted by Gasteiger charge is -2.38. The molecule has 3 rings (SSSR count). The number of nitrogens with one attached hydrogen (secondary N) is 1. The molecule has 1 aromatic rings. The fourth-order valence-corrected chi connectivity index (χ4v) is 3.31. The Bertz CT molecular complexity index is 467. The van der Waals surface area contributed by atoms with Gasteiger partial charge in [-0.1, -0.05) is 30.3 Å². The Balaban J connectivity index is 1.34. The first-order chi connectivity index (χ1) is 10.3. The van der Waals surface area contributed by atoms with Gasteiger partial charge < -0.3 is 15.0 Å². The standard InChI is InChI=1S/C17H24N2O2/c20-16-12-17(14-18-16)6-8-19(9-7-17)10-11-21-13-15-4-2-1-3-5-15/h1-5H,6-14H2,(H,18,20). The summed E-state index contributed by atoms with van der Waals surface area (Å²) in [5.74, 6) is 0.231. The van der Waals surface area contributed by atoms with Crippen LogP contribution in [0.4, 0.5) is 0 Å². The Morgan fingerprint density at radius 3 is 2.62 bits per heavy atom. The molecule has 0 saturated carbocycles. The number of carbonyl (C=O) groups is 1. The highest BCUT2D eigenvalue weighted by molar-refractivity contribution is 5.79. The van der Waals surface area contributed by atoms with Crippen LogP contribution in [-0.4, -0.2) is 43.6 Å². The molecule has 114 valence electrons. The third-order valence-electron chi connectivity index (χ3n) is 4.78. The molecule has 1 spiro atoms. The molecule has 2 aliphatic rings. The molecule has 0 radical (unpaired) electrons. The van der Waals surface area contributed by atoms with Crippen LogP contribution >= 0.6 is 0 Å². The van der Waals surface area contributed by atoms with Crippen molar-refractivity contribution in [2.24, 2.45) is 5.41 Å². The van der Waals surface area contributed by atoms with E-state index in [4.69, 9.17) is 4.74 Å². The highest BCUT2D eigenvalue weighted by Crippen LogP contribution is 2.37. The normalized spacial score (nSPS) is 21.6. The summed E-state index contributed by atoms with van der Waals surface area (Å²) in [4.78, 5) is 13.9. The van der Waals surface area contributed by atoms with E-state index < -0.39 is 0 Å². The smallest absolute Gasteiger partial charge is 0.220 e. The van der Waals surface area contributed by atoms with E-state index in [0.29, 0.717) is 6.61 Å². The quantitative estimate of drug-likeness (QED) is 0.840. The van der Waals surface area contributed by atoms with Crippen LogP contribution in [0.25, 0.3) is 0 Å². The minimum absolute atomic E-state index is 0.231. The van der Waals surface area contributed by atoms with E-state index in [-0.39, 0.29) is 11.3 Å². The van der Waals surface area contributed by atoms with Crippen LogP contribution in [-0.2, 0) is 16.1 Å². The molecule has 0 aromatic heterocycles. The molecule has 2 fully saturated rings. The van der Waals surface area contributed by atoms with Crippen LogP contribution in [0.3, 0.4) is 0 Å². The van der Waals surface area contributed by atoms with Gasteiger partial charge in [-0.2, -0.15) is 0 Å². The fraction of sp³-hybridized carbons (Fsp3) is 0.588. The first kappa shape index (κ1) is 14.5. The van der Waals surface area contributed by atoms with Gasteiger partial charge in [-0.3, -0.25) is 4.79 Å². The molecule has 2 heterocycles. The molecule has 0 bridgehead atoms. The SMILES string of the molecule is O=C1CC2(CCN(CCOCc3ccccc3)CC2)CN1. The molecule has 1 amide bonds. The molecule has 0 unspecified atom stereocenters. The maximum Gasteiger partial charge on any atom is 0.220 e. The van der Waals surface area contributed by atoms with Gasteiger partial charge in [0.25, 0.3) is 0 Å². The number of piperidine rings is 1. The summed E-state index contributed by atoms with van der Waals surface area (Å²) in [6.07, 6.45) is 2.99. The van der Waals surface area contributed by atoms with Gasteiger partial charge in [-0.15, -0.1) is 0 Å². The number of benzene rings is 1. The largest absolute Gasteiger partial charge is 0.375 e. The van der Waals surface area contributed by atoms with Gasteiger partial charge in [0, 0.05) is 19.5 Å². The van der Waals surface area contributed by atoms with Crippen molar-refractivity contribution < 1.29 is 9.53 Å². The second-order valence-electron chi connectivity index (χ2n) is 6.33. The maximum absolute atomic E-state index is 11.4. The van der Waals surface area contributed by atoms with Crippen molar-refractivity contribution in [2.45, 2.75) is 25.9 Å². The molecule has 0 aliphatic carbocycles. The topological polar surface area (TPSA) is 41.6 Å². The van der Waals surface area contributed by atoms with Gasteiger partial charge in [-0.05, 0) is 36.9 Å². The van der Waals surface area contributed by atoms with Crippen molar-refractivity contribution in [3.63, 3.8) is 0 Å². The van der Waals surface area contributed by atoms with E-state index >= 15 is 0 Å². The average Bonchev–Trinajstić information content (AvgIpc) is 2.88. The van der Waals surface area contributed by atoms with Crippen LogP contribution in [0.15, 0.2) is 30.3 Å². The van der Waals surface area contributed by atoms with E-state index in [9.17, 15) is 4.79 Å². The Hall–Kier alpha value is -1.39. The van der Waals surface area contributed by atoms with Crippen molar-refractivity contribution in [2.75, 3.05) is 32.8 Å². The van der Waals surface area contributed by atoms with Crippen molar-refractivity contribution in [1.82, 2.24) is 10.2 Å². The van der Waals surface area contributed by atoms with Crippen molar-refractivity contribution in [3.05, 3.63) is 35.9 Å². The summed E-state index contributed by atoms with van der Waals surface area (Å²) < 4.78 is 5.75. The number of ether oxygens (including phenoxy) is 1. The van der Waals surface area contributed by atoms with Crippen LogP contribution in [0.2, 0.25) is 0 Å². The molecular weight excluding hydrogens is 264 g/mol. The number of likely N-dealkylation sites (tertiary alicyclic amines) is 1. The minimum Gasteiger partial charge on any atom is -0.375 e. The van der Waals surface area contributed by atoms with Gasteiger partial charge in [-0.25, -0.2) is 0 Å². The lowest BCUT2D eigenvalue weighted by Crippen LogP contribution is -2.42. The fourth-order valence-electron chi connectivity index (χ4n) is 3.31. The monoisotopic (exact) mass is 288 g/mol. The molecule has 0 atom stereocenters. The summed E-state index contributed by atoms with van der Waals surface area (Å²) in [6, 6.07) is 10.3. The number of amides is 1. The van der Waals surface area contributed by atoms with E-state index in [1.54, 1.807) is 0 Å². The maximum atomic E-state index is 11.4. The molecule has 1 aromatic carbocycles. The van der Waals surface area contributed by atoms with Gasteiger partial charge in [0.05, 0.1) is 13.2 Å². The van der Waals surface area contributed by atoms with Crippen molar-refractivity contribution in [1.29, 1.82) is 0 Å². The first-order valence-corrected chi connectivity index (χ1v) is 7.87. The number of nitrogens with zero attached hydrogens (tertiary/aromatic N) is 1. The first-order valence-electron chi connectivity index (χ1n) is 7.87. The molecule has 2 saturated heterocycles. The third kappa shape index (κ3) is 3.83. The van der Waals surface area contributed by atoms with Gasteiger partial charge >= 0.3 is 0 Å². The highest BCUT2D eigenvalue weighted by Gasteiger charge is 2.40. The zero-order chi connectivity index (χ0) is 14.5. The van der Waals surface area contributed by atoms with E-state index in [0.717, 1.165) is 52.0 Å². The molecule has 4 nitrogen and oxygen atoms in total. The predicted octanol–water partition coefficient (Wildman–Crippen LogP) is 1.81. The second kappa shape index (κ2) is 6.58. The Morgan fingerprint density at radius 2 is 1.95 bits per heavy atom. The number of rotatable bonds is 5. The average molecular weight is 288 g/mol. The van der Waals surface area contributed by atoms with Crippen LogP contribution in [0, 0.1) is 5.41 Å². The Labute approximate surface area is 126 Å². The lowest BCUT2D eigenvalue weighted by atomic mass is 9.78. The van der Waals surface area contributed by atoms with E-state index in [1.165, 1.54) is 5.56 Å². The zero-order valence-corrected chi connectivity index (χ0v) is 12.5. The Kier molecular flexibility index (Phi) is 4.56. The summed E-state index contributed by atoms with van der Waals surface area (Å²) in [5, 5.41) is 2.98. The molecular formula is C17H24N2O2. The number of hydrogen-bond donors (Lipinski definition) is 1. The number of carbonyl (C=O) groups excluding carboxylic acids is 1. The number of hydrogen-bond acceptors (Lipinski definition) is 3. The minimum atomic E-state index is 0.231. The summed E-state index contributed by atoms with van der Waals surface area (Å²) in [5.41, 5.74) is 1.48.